The molecule has 1 saturated heterocycles. The zero-order valence-electron chi connectivity index (χ0n) is 11.6. The molecule has 1 fully saturated rings. The SMILES string of the molecule is Cc1cc2c(cc1N1CCCC1)NC(C)(C)CN2. The second kappa shape index (κ2) is 4.08. The molecule has 18 heavy (non-hydrogen) atoms. The van der Waals surface area contributed by atoms with Crippen molar-refractivity contribution in [1.82, 2.24) is 0 Å². The summed E-state index contributed by atoms with van der Waals surface area (Å²) >= 11 is 0. The number of anilines is 3. The maximum Gasteiger partial charge on any atom is 0.0601 e. The highest BCUT2D eigenvalue weighted by Gasteiger charge is 2.25. The molecule has 1 aromatic rings. The Kier molecular flexibility index (Phi) is 2.65. The fourth-order valence-electron chi connectivity index (χ4n) is 2.97. The summed E-state index contributed by atoms with van der Waals surface area (Å²) in [4.78, 5) is 2.51. The van der Waals surface area contributed by atoms with Crippen molar-refractivity contribution in [3.8, 4) is 0 Å². The lowest BCUT2D eigenvalue weighted by Gasteiger charge is -2.36. The van der Waals surface area contributed by atoms with Gasteiger partial charge in [0, 0.05) is 30.9 Å². The molecule has 0 amide bonds. The Bertz CT molecular complexity index is 459. The summed E-state index contributed by atoms with van der Waals surface area (Å²) in [6.07, 6.45) is 2.65. The van der Waals surface area contributed by atoms with Gasteiger partial charge in [-0.3, -0.25) is 0 Å². The van der Waals surface area contributed by atoms with Crippen molar-refractivity contribution < 1.29 is 0 Å². The Hall–Kier alpha value is -1.38. The molecule has 2 aliphatic rings. The molecule has 2 aliphatic heterocycles. The predicted octanol–water partition coefficient (Wildman–Crippen LogP) is 3.21. The first-order valence-electron chi connectivity index (χ1n) is 6.97. The summed E-state index contributed by atoms with van der Waals surface area (Å²) in [6, 6.07) is 4.61. The van der Waals surface area contributed by atoms with Crippen molar-refractivity contribution in [2.75, 3.05) is 35.2 Å². The quantitative estimate of drug-likeness (QED) is 0.795. The molecule has 3 rings (SSSR count). The summed E-state index contributed by atoms with van der Waals surface area (Å²) < 4.78 is 0. The molecule has 0 spiro atoms. The molecule has 0 aromatic heterocycles. The molecule has 3 heteroatoms. The Morgan fingerprint density at radius 3 is 2.56 bits per heavy atom. The molecule has 2 heterocycles. The van der Waals surface area contributed by atoms with Gasteiger partial charge in [-0.05, 0) is 51.3 Å². The maximum absolute atomic E-state index is 3.64. The highest BCUT2D eigenvalue weighted by atomic mass is 15.2. The third kappa shape index (κ3) is 2.02. The van der Waals surface area contributed by atoms with Crippen LogP contribution in [-0.4, -0.2) is 25.2 Å². The van der Waals surface area contributed by atoms with Crippen molar-refractivity contribution in [3.05, 3.63) is 17.7 Å². The molecule has 3 nitrogen and oxygen atoms in total. The van der Waals surface area contributed by atoms with E-state index in [0.717, 1.165) is 6.54 Å². The van der Waals surface area contributed by atoms with Crippen LogP contribution in [0.1, 0.15) is 32.3 Å². The molecule has 0 aliphatic carbocycles. The van der Waals surface area contributed by atoms with Crippen LogP contribution < -0.4 is 15.5 Å². The van der Waals surface area contributed by atoms with Gasteiger partial charge in [0.2, 0.25) is 0 Å². The Morgan fingerprint density at radius 1 is 1.11 bits per heavy atom. The van der Waals surface area contributed by atoms with E-state index in [1.54, 1.807) is 0 Å². The summed E-state index contributed by atoms with van der Waals surface area (Å²) in [5.74, 6) is 0. The highest BCUT2D eigenvalue weighted by Crippen LogP contribution is 2.36. The second-order valence-electron chi connectivity index (χ2n) is 6.24. The second-order valence-corrected chi connectivity index (χ2v) is 6.24. The van der Waals surface area contributed by atoms with Gasteiger partial charge in [-0.25, -0.2) is 0 Å². The number of benzene rings is 1. The molecule has 0 saturated carbocycles. The van der Waals surface area contributed by atoms with E-state index in [0.29, 0.717) is 0 Å². The lowest BCUT2D eigenvalue weighted by molar-refractivity contribution is 0.589. The lowest BCUT2D eigenvalue weighted by atomic mass is 9.99. The summed E-state index contributed by atoms with van der Waals surface area (Å²) in [7, 11) is 0. The minimum absolute atomic E-state index is 0.130. The van der Waals surface area contributed by atoms with Crippen molar-refractivity contribution in [3.63, 3.8) is 0 Å². The van der Waals surface area contributed by atoms with Crippen LogP contribution in [0.5, 0.6) is 0 Å². The van der Waals surface area contributed by atoms with E-state index in [1.165, 1.54) is 48.6 Å². The van der Waals surface area contributed by atoms with E-state index in [9.17, 15) is 0 Å². The van der Waals surface area contributed by atoms with Gasteiger partial charge in [-0.2, -0.15) is 0 Å². The standard InChI is InChI=1S/C15H23N3/c1-11-8-12-13(17-15(2,3)10-16-12)9-14(11)18-6-4-5-7-18/h8-9,16-17H,4-7,10H2,1-3H3. The van der Waals surface area contributed by atoms with Gasteiger partial charge in [0.25, 0.3) is 0 Å². The first-order chi connectivity index (χ1) is 8.55. The largest absolute Gasteiger partial charge is 0.381 e. The van der Waals surface area contributed by atoms with Crippen molar-refractivity contribution in [1.29, 1.82) is 0 Å². The maximum atomic E-state index is 3.64. The van der Waals surface area contributed by atoms with E-state index in [1.807, 2.05) is 0 Å². The van der Waals surface area contributed by atoms with Crippen LogP contribution in [0.25, 0.3) is 0 Å². The number of fused-ring (bicyclic) bond motifs is 1. The minimum Gasteiger partial charge on any atom is -0.381 e. The Labute approximate surface area is 110 Å². The van der Waals surface area contributed by atoms with Crippen LogP contribution in [0.4, 0.5) is 17.1 Å². The average molecular weight is 245 g/mol. The minimum atomic E-state index is 0.130. The summed E-state index contributed by atoms with van der Waals surface area (Å²) in [5, 5.41) is 7.17. The van der Waals surface area contributed by atoms with Gasteiger partial charge in [0.05, 0.1) is 11.4 Å². The molecule has 1 aromatic carbocycles. The van der Waals surface area contributed by atoms with Crippen molar-refractivity contribution in [2.45, 2.75) is 39.2 Å². The highest BCUT2D eigenvalue weighted by molar-refractivity contribution is 5.79. The number of nitrogens with one attached hydrogen (secondary N) is 2. The number of aryl methyl sites for hydroxylation is 1. The predicted molar refractivity (Wildman–Crippen MR) is 78.8 cm³/mol. The molecule has 0 unspecified atom stereocenters. The average Bonchev–Trinajstić information content (AvgIpc) is 2.81. The van der Waals surface area contributed by atoms with Crippen LogP contribution in [0.2, 0.25) is 0 Å². The van der Waals surface area contributed by atoms with E-state index >= 15 is 0 Å². The number of hydrogen-bond donors (Lipinski definition) is 2. The van der Waals surface area contributed by atoms with E-state index in [2.05, 4.69) is 48.4 Å². The van der Waals surface area contributed by atoms with Gasteiger partial charge in [-0.1, -0.05) is 0 Å². The van der Waals surface area contributed by atoms with E-state index in [-0.39, 0.29) is 5.54 Å². The van der Waals surface area contributed by atoms with Gasteiger partial charge in [0.1, 0.15) is 0 Å². The molecule has 0 atom stereocenters. The molecule has 0 radical (unpaired) electrons. The topological polar surface area (TPSA) is 27.3 Å². The molecule has 98 valence electrons. The van der Waals surface area contributed by atoms with Gasteiger partial charge < -0.3 is 15.5 Å². The Morgan fingerprint density at radius 2 is 1.83 bits per heavy atom. The van der Waals surface area contributed by atoms with Crippen molar-refractivity contribution in [2.24, 2.45) is 0 Å². The normalized spacial score (nSPS) is 21.2. The number of rotatable bonds is 1. The van der Waals surface area contributed by atoms with Crippen LogP contribution in [0.15, 0.2) is 12.1 Å². The number of nitrogens with zero attached hydrogens (tertiary/aromatic N) is 1. The van der Waals surface area contributed by atoms with E-state index < -0.39 is 0 Å². The first-order valence-corrected chi connectivity index (χ1v) is 6.97. The molecular formula is C15H23N3. The van der Waals surface area contributed by atoms with Crippen LogP contribution >= 0.6 is 0 Å². The monoisotopic (exact) mass is 245 g/mol. The number of hydrogen-bond acceptors (Lipinski definition) is 3. The van der Waals surface area contributed by atoms with E-state index in [4.69, 9.17) is 0 Å². The van der Waals surface area contributed by atoms with Crippen LogP contribution in [0.3, 0.4) is 0 Å². The van der Waals surface area contributed by atoms with Crippen molar-refractivity contribution >= 4 is 17.1 Å². The molecular weight excluding hydrogens is 222 g/mol. The van der Waals surface area contributed by atoms with Gasteiger partial charge >= 0.3 is 0 Å². The fraction of sp³-hybridized carbons (Fsp3) is 0.600. The summed E-state index contributed by atoms with van der Waals surface area (Å²) in [5.41, 5.74) is 5.40. The molecule has 0 bridgehead atoms. The van der Waals surface area contributed by atoms with Crippen LogP contribution in [-0.2, 0) is 0 Å². The smallest absolute Gasteiger partial charge is 0.0601 e. The Balaban J connectivity index is 1.97. The fourth-order valence-corrected chi connectivity index (χ4v) is 2.97. The van der Waals surface area contributed by atoms with Crippen LogP contribution in [0, 0.1) is 6.92 Å². The molecule has 2 N–H and O–H groups in total. The third-order valence-corrected chi connectivity index (χ3v) is 3.98. The summed E-state index contributed by atoms with van der Waals surface area (Å²) in [6.45, 7) is 10.1. The lowest BCUT2D eigenvalue weighted by Crippen LogP contribution is -2.42. The third-order valence-electron chi connectivity index (χ3n) is 3.98. The first kappa shape index (κ1) is 11.7. The zero-order valence-corrected chi connectivity index (χ0v) is 11.6. The van der Waals surface area contributed by atoms with Gasteiger partial charge in [-0.15, -0.1) is 0 Å². The van der Waals surface area contributed by atoms with Gasteiger partial charge in [0.15, 0.2) is 0 Å². The zero-order chi connectivity index (χ0) is 12.8.